The second kappa shape index (κ2) is 6.90. The Balaban J connectivity index is 1.94. The Bertz CT molecular complexity index is 543. The van der Waals surface area contributed by atoms with E-state index in [1.165, 1.54) is 5.56 Å². The fourth-order valence-corrected chi connectivity index (χ4v) is 2.03. The van der Waals surface area contributed by atoms with Crippen molar-refractivity contribution in [1.29, 1.82) is 0 Å². The summed E-state index contributed by atoms with van der Waals surface area (Å²) in [6, 6.07) is 17.4. The Labute approximate surface area is 120 Å². The van der Waals surface area contributed by atoms with Crippen molar-refractivity contribution in [1.82, 2.24) is 0 Å². The molecule has 2 aromatic rings. The molecule has 2 heteroatoms. The van der Waals surface area contributed by atoms with Crippen LogP contribution in [0.5, 0.6) is 5.75 Å². The summed E-state index contributed by atoms with van der Waals surface area (Å²) >= 11 is 0. The van der Waals surface area contributed by atoms with Crippen LogP contribution in [0.1, 0.15) is 37.3 Å². The van der Waals surface area contributed by atoms with E-state index in [0.717, 1.165) is 12.0 Å². The van der Waals surface area contributed by atoms with Gasteiger partial charge in [-0.1, -0.05) is 56.3 Å². The molecule has 0 heterocycles. The van der Waals surface area contributed by atoms with Gasteiger partial charge in [0.15, 0.2) is 0 Å². The zero-order chi connectivity index (χ0) is 14.4. The van der Waals surface area contributed by atoms with Crippen LogP contribution < -0.4 is 4.74 Å². The third-order valence-electron chi connectivity index (χ3n) is 3.48. The van der Waals surface area contributed by atoms with Crippen LogP contribution in [0, 0.1) is 0 Å². The second-order valence-electron chi connectivity index (χ2n) is 5.01. The van der Waals surface area contributed by atoms with E-state index in [1.54, 1.807) is 0 Å². The Morgan fingerprint density at radius 1 is 1.05 bits per heavy atom. The molecule has 0 saturated heterocycles. The monoisotopic (exact) mass is 268 g/mol. The zero-order valence-corrected chi connectivity index (χ0v) is 12.0. The average Bonchev–Trinajstić information content (AvgIpc) is 2.48. The third-order valence-corrected chi connectivity index (χ3v) is 3.48. The minimum atomic E-state index is -0.229. The molecule has 0 amide bonds. The highest BCUT2D eigenvalue weighted by Crippen LogP contribution is 2.21. The largest absolute Gasteiger partial charge is 0.426 e. The highest BCUT2D eigenvalue weighted by atomic mass is 16.5. The van der Waals surface area contributed by atoms with Crippen molar-refractivity contribution in [2.45, 2.75) is 32.6 Å². The fourth-order valence-electron chi connectivity index (χ4n) is 2.03. The van der Waals surface area contributed by atoms with E-state index in [-0.39, 0.29) is 5.97 Å². The Morgan fingerprint density at radius 3 is 2.30 bits per heavy atom. The molecule has 1 atom stereocenters. The number of hydrogen-bond acceptors (Lipinski definition) is 2. The SMILES string of the molecule is CCC(C)c1ccc(OC(=O)Cc2ccccc2)cc1. The van der Waals surface area contributed by atoms with E-state index in [1.807, 2.05) is 54.6 Å². The molecular weight excluding hydrogens is 248 g/mol. The van der Waals surface area contributed by atoms with Crippen LogP contribution in [0.2, 0.25) is 0 Å². The minimum Gasteiger partial charge on any atom is -0.426 e. The first kappa shape index (κ1) is 14.3. The molecule has 0 aliphatic rings. The normalized spacial score (nSPS) is 11.9. The molecule has 0 radical (unpaired) electrons. The molecule has 1 unspecified atom stereocenters. The van der Waals surface area contributed by atoms with Gasteiger partial charge >= 0.3 is 5.97 Å². The molecule has 0 aliphatic heterocycles. The van der Waals surface area contributed by atoms with Crippen molar-refractivity contribution < 1.29 is 9.53 Å². The summed E-state index contributed by atoms with van der Waals surface area (Å²) in [6.07, 6.45) is 1.40. The molecule has 2 nitrogen and oxygen atoms in total. The molecule has 0 spiro atoms. The second-order valence-corrected chi connectivity index (χ2v) is 5.01. The van der Waals surface area contributed by atoms with Crippen LogP contribution in [0.3, 0.4) is 0 Å². The van der Waals surface area contributed by atoms with Crippen LogP contribution in [0.4, 0.5) is 0 Å². The van der Waals surface area contributed by atoms with Gasteiger partial charge in [-0.25, -0.2) is 0 Å². The van der Waals surface area contributed by atoms with E-state index in [9.17, 15) is 4.79 Å². The lowest BCUT2D eigenvalue weighted by atomic mass is 9.99. The van der Waals surface area contributed by atoms with E-state index in [4.69, 9.17) is 4.74 Å². The van der Waals surface area contributed by atoms with Crippen LogP contribution in [-0.2, 0) is 11.2 Å². The van der Waals surface area contributed by atoms with Gasteiger partial charge in [0, 0.05) is 0 Å². The van der Waals surface area contributed by atoms with Gasteiger partial charge in [-0.2, -0.15) is 0 Å². The number of carbonyl (C=O) groups is 1. The van der Waals surface area contributed by atoms with Gasteiger partial charge in [-0.3, -0.25) is 4.79 Å². The van der Waals surface area contributed by atoms with Crippen molar-refractivity contribution in [3.8, 4) is 5.75 Å². The highest BCUT2D eigenvalue weighted by molar-refractivity contribution is 5.75. The Kier molecular flexibility index (Phi) is 4.94. The Morgan fingerprint density at radius 2 is 1.70 bits per heavy atom. The van der Waals surface area contributed by atoms with Gasteiger partial charge in [0.05, 0.1) is 6.42 Å². The van der Waals surface area contributed by atoms with Crippen LogP contribution in [-0.4, -0.2) is 5.97 Å². The van der Waals surface area contributed by atoms with Gasteiger partial charge in [0.2, 0.25) is 0 Å². The van der Waals surface area contributed by atoms with Gasteiger partial charge in [-0.15, -0.1) is 0 Å². The topological polar surface area (TPSA) is 26.3 Å². The number of ether oxygens (including phenoxy) is 1. The average molecular weight is 268 g/mol. The number of carbonyl (C=O) groups excluding carboxylic acids is 1. The predicted molar refractivity (Wildman–Crippen MR) is 80.9 cm³/mol. The van der Waals surface area contributed by atoms with E-state index in [2.05, 4.69) is 13.8 Å². The molecule has 2 aromatic carbocycles. The van der Waals surface area contributed by atoms with Gasteiger partial charge < -0.3 is 4.74 Å². The predicted octanol–water partition coefficient (Wildman–Crippen LogP) is 4.35. The van der Waals surface area contributed by atoms with Crippen molar-refractivity contribution >= 4 is 5.97 Å². The molecule has 0 saturated carbocycles. The smallest absolute Gasteiger partial charge is 0.315 e. The van der Waals surface area contributed by atoms with Crippen molar-refractivity contribution in [3.05, 3.63) is 65.7 Å². The molecule has 2 rings (SSSR count). The number of hydrogen-bond donors (Lipinski definition) is 0. The van der Waals surface area contributed by atoms with Crippen LogP contribution in [0.25, 0.3) is 0 Å². The Hall–Kier alpha value is -2.09. The van der Waals surface area contributed by atoms with Crippen molar-refractivity contribution in [2.24, 2.45) is 0 Å². The zero-order valence-electron chi connectivity index (χ0n) is 12.0. The highest BCUT2D eigenvalue weighted by Gasteiger charge is 2.07. The maximum Gasteiger partial charge on any atom is 0.315 e. The van der Waals surface area contributed by atoms with Crippen LogP contribution in [0.15, 0.2) is 54.6 Å². The lowest BCUT2D eigenvalue weighted by Crippen LogP contribution is -2.11. The van der Waals surface area contributed by atoms with Gasteiger partial charge in [-0.05, 0) is 35.6 Å². The van der Waals surface area contributed by atoms with Crippen molar-refractivity contribution in [2.75, 3.05) is 0 Å². The fraction of sp³-hybridized carbons (Fsp3) is 0.278. The number of rotatable bonds is 5. The summed E-state index contributed by atoms with van der Waals surface area (Å²) in [5.74, 6) is 0.912. The molecule has 0 N–H and O–H groups in total. The summed E-state index contributed by atoms with van der Waals surface area (Å²) < 4.78 is 5.35. The standard InChI is InChI=1S/C18H20O2/c1-3-14(2)16-9-11-17(12-10-16)20-18(19)13-15-7-5-4-6-8-15/h4-12,14H,3,13H2,1-2H3. The summed E-state index contributed by atoms with van der Waals surface area (Å²) in [5.41, 5.74) is 2.24. The van der Waals surface area contributed by atoms with Gasteiger partial charge in [0.25, 0.3) is 0 Å². The summed E-state index contributed by atoms with van der Waals surface area (Å²) in [6.45, 7) is 4.36. The molecule has 0 aromatic heterocycles. The first-order valence-electron chi connectivity index (χ1n) is 7.03. The maximum absolute atomic E-state index is 11.8. The number of benzene rings is 2. The third kappa shape index (κ3) is 3.95. The minimum absolute atomic E-state index is 0.229. The first-order chi connectivity index (χ1) is 9.69. The van der Waals surface area contributed by atoms with E-state index >= 15 is 0 Å². The molecule has 0 aliphatic carbocycles. The number of esters is 1. The lowest BCUT2D eigenvalue weighted by molar-refractivity contribution is -0.133. The van der Waals surface area contributed by atoms with Gasteiger partial charge in [0.1, 0.15) is 5.75 Å². The molecule has 104 valence electrons. The lowest BCUT2D eigenvalue weighted by Gasteiger charge is -2.10. The van der Waals surface area contributed by atoms with E-state index < -0.39 is 0 Å². The summed E-state index contributed by atoms with van der Waals surface area (Å²) in [4.78, 5) is 11.8. The summed E-state index contributed by atoms with van der Waals surface area (Å²) in [7, 11) is 0. The van der Waals surface area contributed by atoms with Crippen LogP contribution >= 0.6 is 0 Å². The van der Waals surface area contributed by atoms with E-state index in [0.29, 0.717) is 18.1 Å². The first-order valence-corrected chi connectivity index (χ1v) is 7.03. The summed E-state index contributed by atoms with van der Waals surface area (Å²) in [5, 5.41) is 0. The maximum atomic E-state index is 11.8. The molecule has 0 fully saturated rings. The molecule has 20 heavy (non-hydrogen) atoms. The van der Waals surface area contributed by atoms with Crippen molar-refractivity contribution in [3.63, 3.8) is 0 Å². The molecule has 0 bridgehead atoms. The molecular formula is C18H20O2. The quantitative estimate of drug-likeness (QED) is 0.595.